The van der Waals surface area contributed by atoms with Gasteiger partial charge < -0.3 is 5.32 Å². The predicted molar refractivity (Wildman–Crippen MR) is 73.5 cm³/mol. The number of aryl methyl sites for hydroxylation is 2. The molecular weight excluding hydrogens is 224 g/mol. The van der Waals surface area contributed by atoms with Gasteiger partial charge in [0.1, 0.15) is 12.1 Å². The number of rotatable bonds is 4. The van der Waals surface area contributed by atoms with E-state index in [0.717, 1.165) is 41.4 Å². The summed E-state index contributed by atoms with van der Waals surface area (Å²) in [4.78, 5) is 12.9. The van der Waals surface area contributed by atoms with Crippen LogP contribution < -0.4 is 5.32 Å². The van der Waals surface area contributed by atoms with E-state index >= 15 is 0 Å². The molecule has 0 aliphatic rings. The van der Waals surface area contributed by atoms with Crippen molar-refractivity contribution >= 4 is 5.82 Å². The molecule has 0 atom stereocenters. The van der Waals surface area contributed by atoms with E-state index in [0.29, 0.717) is 0 Å². The Hall–Kier alpha value is -1.97. The molecule has 18 heavy (non-hydrogen) atoms. The normalized spacial score (nSPS) is 10.4. The summed E-state index contributed by atoms with van der Waals surface area (Å²) in [6.45, 7) is 7.04. The SMILES string of the molecule is CCCNc1cc(-c2cc(C)nc(C)c2)ncn1. The van der Waals surface area contributed by atoms with Crippen LogP contribution in [-0.2, 0) is 0 Å². The summed E-state index contributed by atoms with van der Waals surface area (Å²) in [5.74, 6) is 0.869. The maximum absolute atomic E-state index is 4.37. The minimum Gasteiger partial charge on any atom is -0.370 e. The Kier molecular flexibility index (Phi) is 3.87. The van der Waals surface area contributed by atoms with Gasteiger partial charge in [-0.05, 0) is 32.4 Å². The molecule has 0 amide bonds. The van der Waals surface area contributed by atoms with Crippen LogP contribution in [-0.4, -0.2) is 21.5 Å². The van der Waals surface area contributed by atoms with Crippen molar-refractivity contribution in [1.82, 2.24) is 15.0 Å². The van der Waals surface area contributed by atoms with Crippen LogP contribution in [0.4, 0.5) is 5.82 Å². The number of anilines is 1. The first-order valence-electron chi connectivity index (χ1n) is 6.20. The maximum atomic E-state index is 4.37. The summed E-state index contributed by atoms with van der Waals surface area (Å²) in [5, 5.41) is 3.27. The number of hydrogen-bond acceptors (Lipinski definition) is 4. The number of hydrogen-bond donors (Lipinski definition) is 1. The highest BCUT2D eigenvalue weighted by molar-refractivity contribution is 5.62. The standard InChI is InChI=1S/C14H18N4/c1-4-5-15-14-8-13(16-9-17-14)12-6-10(2)18-11(3)7-12/h6-9H,4-5H2,1-3H3,(H,15,16,17). The first-order valence-corrected chi connectivity index (χ1v) is 6.20. The van der Waals surface area contributed by atoms with Crippen LogP contribution in [0.3, 0.4) is 0 Å². The highest BCUT2D eigenvalue weighted by Crippen LogP contribution is 2.20. The monoisotopic (exact) mass is 242 g/mol. The molecule has 4 heteroatoms. The van der Waals surface area contributed by atoms with Gasteiger partial charge >= 0.3 is 0 Å². The van der Waals surface area contributed by atoms with E-state index in [4.69, 9.17) is 0 Å². The molecule has 0 aliphatic carbocycles. The van der Waals surface area contributed by atoms with Crippen LogP contribution in [0.1, 0.15) is 24.7 Å². The minimum atomic E-state index is 0.869. The third-order valence-electron chi connectivity index (χ3n) is 2.60. The van der Waals surface area contributed by atoms with Gasteiger partial charge in [0.15, 0.2) is 0 Å². The van der Waals surface area contributed by atoms with Crippen LogP contribution in [0.25, 0.3) is 11.3 Å². The van der Waals surface area contributed by atoms with E-state index in [1.54, 1.807) is 6.33 Å². The summed E-state index contributed by atoms with van der Waals surface area (Å²) in [5.41, 5.74) is 4.03. The Bertz CT molecular complexity index is 517. The first-order chi connectivity index (χ1) is 8.69. The Morgan fingerprint density at radius 3 is 2.44 bits per heavy atom. The maximum Gasteiger partial charge on any atom is 0.129 e. The number of nitrogens with one attached hydrogen (secondary N) is 1. The van der Waals surface area contributed by atoms with Gasteiger partial charge in [-0.25, -0.2) is 9.97 Å². The molecule has 0 unspecified atom stereocenters. The van der Waals surface area contributed by atoms with Gasteiger partial charge in [0.2, 0.25) is 0 Å². The van der Waals surface area contributed by atoms with Crippen molar-refractivity contribution in [2.45, 2.75) is 27.2 Å². The van der Waals surface area contributed by atoms with E-state index < -0.39 is 0 Å². The third-order valence-corrected chi connectivity index (χ3v) is 2.60. The number of nitrogens with zero attached hydrogens (tertiary/aromatic N) is 3. The van der Waals surface area contributed by atoms with Crippen LogP contribution in [0, 0.1) is 13.8 Å². The fourth-order valence-corrected chi connectivity index (χ4v) is 1.85. The lowest BCUT2D eigenvalue weighted by molar-refractivity contribution is 0.965. The number of aromatic nitrogens is 3. The fraction of sp³-hybridized carbons (Fsp3) is 0.357. The second-order valence-corrected chi connectivity index (χ2v) is 4.35. The van der Waals surface area contributed by atoms with E-state index in [-0.39, 0.29) is 0 Å². The molecule has 1 N–H and O–H groups in total. The summed E-state index contributed by atoms with van der Waals surface area (Å²) in [7, 11) is 0. The van der Waals surface area contributed by atoms with E-state index in [2.05, 4.69) is 27.2 Å². The summed E-state index contributed by atoms with van der Waals surface area (Å²) < 4.78 is 0. The van der Waals surface area contributed by atoms with Gasteiger partial charge in [-0.15, -0.1) is 0 Å². The van der Waals surface area contributed by atoms with Crippen molar-refractivity contribution in [3.63, 3.8) is 0 Å². The van der Waals surface area contributed by atoms with E-state index in [9.17, 15) is 0 Å². The molecule has 2 heterocycles. The molecule has 4 nitrogen and oxygen atoms in total. The molecule has 94 valence electrons. The van der Waals surface area contributed by atoms with Crippen LogP contribution in [0.15, 0.2) is 24.5 Å². The average Bonchev–Trinajstić information content (AvgIpc) is 2.35. The van der Waals surface area contributed by atoms with Crippen molar-refractivity contribution in [3.05, 3.63) is 35.9 Å². The Balaban J connectivity index is 2.32. The molecule has 0 saturated carbocycles. The molecule has 0 fully saturated rings. The highest BCUT2D eigenvalue weighted by atomic mass is 15.0. The van der Waals surface area contributed by atoms with Gasteiger partial charge in [-0.3, -0.25) is 4.98 Å². The molecule has 2 aromatic rings. The predicted octanol–water partition coefficient (Wildman–Crippen LogP) is 2.98. The molecule has 0 saturated heterocycles. The van der Waals surface area contributed by atoms with Crippen LogP contribution >= 0.6 is 0 Å². The van der Waals surface area contributed by atoms with Crippen molar-refractivity contribution in [2.24, 2.45) is 0 Å². The highest BCUT2D eigenvalue weighted by Gasteiger charge is 2.03. The van der Waals surface area contributed by atoms with E-state index in [1.807, 2.05) is 32.0 Å². The second kappa shape index (κ2) is 5.58. The van der Waals surface area contributed by atoms with Crippen molar-refractivity contribution in [2.75, 3.05) is 11.9 Å². The molecular formula is C14H18N4. The lowest BCUT2D eigenvalue weighted by Gasteiger charge is -2.07. The van der Waals surface area contributed by atoms with Gasteiger partial charge in [-0.2, -0.15) is 0 Å². The fourth-order valence-electron chi connectivity index (χ4n) is 1.85. The number of pyridine rings is 1. The topological polar surface area (TPSA) is 50.7 Å². The first kappa shape index (κ1) is 12.5. The molecule has 2 aromatic heterocycles. The van der Waals surface area contributed by atoms with E-state index in [1.165, 1.54) is 0 Å². The molecule has 0 bridgehead atoms. The van der Waals surface area contributed by atoms with Gasteiger partial charge in [0.25, 0.3) is 0 Å². The van der Waals surface area contributed by atoms with Gasteiger partial charge in [-0.1, -0.05) is 6.92 Å². The summed E-state index contributed by atoms with van der Waals surface area (Å²) in [6, 6.07) is 6.06. The zero-order valence-electron chi connectivity index (χ0n) is 11.1. The lowest BCUT2D eigenvalue weighted by atomic mass is 10.1. The van der Waals surface area contributed by atoms with Crippen molar-refractivity contribution < 1.29 is 0 Å². The van der Waals surface area contributed by atoms with Crippen LogP contribution in [0.2, 0.25) is 0 Å². The van der Waals surface area contributed by atoms with Crippen molar-refractivity contribution in [3.8, 4) is 11.3 Å². The van der Waals surface area contributed by atoms with Gasteiger partial charge in [0.05, 0.1) is 5.69 Å². The Labute approximate surface area is 108 Å². The van der Waals surface area contributed by atoms with Gasteiger partial charge in [0, 0.05) is 29.6 Å². The smallest absolute Gasteiger partial charge is 0.129 e. The average molecular weight is 242 g/mol. The largest absolute Gasteiger partial charge is 0.370 e. The molecule has 0 radical (unpaired) electrons. The minimum absolute atomic E-state index is 0.869. The summed E-state index contributed by atoms with van der Waals surface area (Å²) in [6.07, 6.45) is 2.67. The summed E-state index contributed by atoms with van der Waals surface area (Å²) >= 11 is 0. The molecule has 0 spiro atoms. The Morgan fingerprint density at radius 2 is 1.78 bits per heavy atom. The zero-order valence-corrected chi connectivity index (χ0v) is 11.1. The van der Waals surface area contributed by atoms with Crippen LogP contribution in [0.5, 0.6) is 0 Å². The second-order valence-electron chi connectivity index (χ2n) is 4.35. The zero-order chi connectivity index (χ0) is 13.0. The third kappa shape index (κ3) is 3.03. The lowest BCUT2D eigenvalue weighted by Crippen LogP contribution is -2.02. The molecule has 2 rings (SSSR count). The quantitative estimate of drug-likeness (QED) is 0.895. The van der Waals surface area contributed by atoms with Crippen molar-refractivity contribution in [1.29, 1.82) is 0 Å². The molecule has 0 aromatic carbocycles. The Morgan fingerprint density at radius 1 is 1.06 bits per heavy atom. The molecule has 0 aliphatic heterocycles.